The second kappa shape index (κ2) is 5.68. The SMILES string of the molecule is CC1(C)N=C(CCc2ccc(B3OC(C)(C)C(C)(C)O3)s2)C(=O)O1. The van der Waals surface area contributed by atoms with Crippen molar-refractivity contribution in [2.75, 3.05) is 0 Å². The fraction of sp³-hybridized carbons (Fsp3) is 0.647. The van der Waals surface area contributed by atoms with Gasteiger partial charge >= 0.3 is 13.1 Å². The van der Waals surface area contributed by atoms with Crippen LogP contribution in [0.5, 0.6) is 0 Å². The van der Waals surface area contributed by atoms with Gasteiger partial charge in [0.2, 0.25) is 0 Å². The zero-order valence-electron chi connectivity index (χ0n) is 15.1. The molecular formula is C17H24BNO4S. The van der Waals surface area contributed by atoms with Crippen LogP contribution in [0.15, 0.2) is 17.1 Å². The number of aryl methyl sites for hydroxylation is 1. The summed E-state index contributed by atoms with van der Waals surface area (Å²) in [6.07, 6.45) is 1.35. The average Bonchev–Trinajstić information content (AvgIpc) is 3.04. The lowest BCUT2D eigenvalue weighted by molar-refractivity contribution is -0.143. The largest absolute Gasteiger partial charge is 0.505 e. The van der Waals surface area contributed by atoms with E-state index >= 15 is 0 Å². The maximum absolute atomic E-state index is 11.8. The molecule has 2 aliphatic heterocycles. The van der Waals surface area contributed by atoms with E-state index in [4.69, 9.17) is 14.0 Å². The molecule has 0 atom stereocenters. The summed E-state index contributed by atoms with van der Waals surface area (Å²) >= 11 is 1.66. The lowest BCUT2D eigenvalue weighted by atomic mass is 9.88. The maximum Gasteiger partial charge on any atom is 0.505 e. The highest BCUT2D eigenvalue weighted by Crippen LogP contribution is 2.37. The van der Waals surface area contributed by atoms with Gasteiger partial charge in [-0.2, -0.15) is 0 Å². The van der Waals surface area contributed by atoms with Gasteiger partial charge in [-0.15, -0.1) is 11.3 Å². The van der Waals surface area contributed by atoms with E-state index in [-0.39, 0.29) is 24.3 Å². The fourth-order valence-corrected chi connectivity index (χ4v) is 3.67. The van der Waals surface area contributed by atoms with Crippen LogP contribution in [-0.2, 0) is 25.3 Å². The van der Waals surface area contributed by atoms with Crippen LogP contribution in [-0.4, -0.2) is 35.7 Å². The van der Waals surface area contributed by atoms with Crippen molar-refractivity contribution in [1.82, 2.24) is 0 Å². The third-order valence-electron chi connectivity index (χ3n) is 4.76. The molecule has 0 amide bonds. The summed E-state index contributed by atoms with van der Waals surface area (Å²) in [6.45, 7) is 11.8. The number of aliphatic imine (C=N–C) groups is 1. The van der Waals surface area contributed by atoms with Gasteiger partial charge in [0.1, 0.15) is 5.71 Å². The van der Waals surface area contributed by atoms with Crippen molar-refractivity contribution in [1.29, 1.82) is 0 Å². The van der Waals surface area contributed by atoms with Crippen molar-refractivity contribution in [3.63, 3.8) is 0 Å². The van der Waals surface area contributed by atoms with E-state index < -0.39 is 5.72 Å². The Morgan fingerprint density at radius 3 is 2.21 bits per heavy atom. The van der Waals surface area contributed by atoms with Crippen LogP contribution in [0.2, 0.25) is 0 Å². The molecule has 0 saturated carbocycles. The number of nitrogens with zero attached hydrogens (tertiary/aromatic N) is 1. The Balaban J connectivity index is 1.64. The Morgan fingerprint density at radius 1 is 1.04 bits per heavy atom. The first-order chi connectivity index (χ1) is 11.0. The highest BCUT2D eigenvalue weighted by molar-refractivity contribution is 7.22. The minimum atomic E-state index is -0.726. The second-order valence-electron chi connectivity index (χ2n) is 7.79. The van der Waals surface area contributed by atoms with Crippen LogP contribution >= 0.6 is 11.3 Å². The summed E-state index contributed by atoms with van der Waals surface area (Å²) in [7, 11) is -0.332. The van der Waals surface area contributed by atoms with Gasteiger partial charge in [0.05, 0.1) is 11.2 Å². The highest BCUT2D eigenvalue weighted by Gasteiger charge is 2.52. The van der Waals surface area contributed by atoms with Crippen LogP contribution in [0.3, 0.4) is 0 Å². The number of rotatable bonds is 4. The van der Waals surface area contributed by atoms with Crippen molar-refractivity contribution in [3.8, 4) is 0 Å². The van der Waals surface area contributed by atoms with Gasteiger partial charge in [-0.05, 0) is 54.0 Å². The molecule has 0 aromatic carbocycles. The van der Waals surface area contributed by atoms with Gasteiger partial charge in [0, 0.05) is 16.1 Å². The van der Waals surface area contributed by atoms with Crippen LogP contribution in [0.25, 0.3) is 0 Å². The molecule has 2 aliphatic rings. The molecule has 0 unspecified atom stereocenters. The molecule has 1 aromatic heterocycles. The number of thiophene rings is 1. The molecule has 0 bridgehead atoms. The van der Waals surface area contributed by atoms with E-state index in [9.17, 15) is 4.79 Å². The fourth-order valence-electron chi connectivity index (χ4n) is 2.69. The first-order valence-corrected chi connectivity index (χ1v) is 9.07. The van der Waals surface area contributed by atoms with Crippen LogP contribution < -0.4 is 4.78 Å². The topological polar surface area (TPSA) is 57.1 Å². The Labute approximate surface area is 147 Å². The molecule has 0 radical (unpaired) electrons. The van der Waals surface area contributed by atoms with Crippen LogP contribution in [0, 0.1) is 0 Å². The smallest absolute Gasteiger partial charge is 0.433 e. The van der Waals surface area contributed by atoms with E-state index in [1.807, 2.05) is 33.8 Å². The number of cyclic esters (lactones) is 1. The van der Waals surface area contributed by atoms with E-state index in [2.05, 4.69) is 11.1 Å². The van der Waals surface area contributed by atoms with Gasteiger partial charge in [-0.1, -0.05) is 6.07 Å². The van der Waals surface area contributed by atoms with Crippen LogP contribution in [0.4, 0.5) is 0 Å². The molecule has 0 aliphatic carbocycles. The Hall–Kier alpha value is -1.18. The standard InChI is InChI=1S/C17H24BNO4S/c1-15(2)16(3,4)23-18(22-15)13-10-8-11(24-13)7-9-12-14(20)21-17(5,6)19-12/h8,10H,7,9H2,1-6H3. The lowest BCUT2D eigenvalue weighted by Crippen LogP contribution is -2.41. The second-order valence-corrected chi connectivity index (χ2v) is 8.99. The number of hydrogen-bond acceptors (Lipinski definition) is 6. The van der Waals surface area contributed by atoms with Gasteiger partial charge < -0.3 is 14.0 Å². The molecule has 24 heavy (non-hydrogen) atoms. The minimum absolute atomic E-state index is 0.303. The first kappa shape index (κ1) is 17.6. The normalized spacial score (nSPS) is 24.2. The molecule has 7 heteroatoms. The molecule has 1 saturated heterocycles. The average molecular weight is 349 g/mol. The summed E-state index contributed by atoms with van der Waals surface area (Å²) in [5.41, 5.74) is -0.883. The molecule has 3 heterocycles. The minimum Gasteiger partial charge on any atom is -0.433 e. The molecule has 1 fully saturated rings. The van der Waals surface area contributed by atoms with E-state index in [1.54, 1.807) is 25.2 Å². The van der Waals surface area contributed by atoms with Gasteiger partial charge in [0.15, 0.2) is 5.72 Å². The third kappa shape index (κ3) is 3.30. The molecule has 5 nitrogen and oxygen atoms in total. The third-order valence-corrected chi connectivity index (χ3v) is 5.93. The van der Waals surface area contributed by atoms with Crippen molar-refractivity contribution < 1.29 is 18.8 Å². The zero-order valence-corrected chi connectivity index (χ0v) is 16.0. The molecule has 0 spiro atoms. The number of carbonyl (C=O) groups is 1. The highest BCUT2D eigenvalue weighted by atomic mass is 32.1. The lowest BCUT2D eigenvalue weighted by Gasteiger charge is -2.32. The predicted molar refractivity (Wildman–Crippen MR) is 96.0 cm³/mol. The molecular weight excluding hydrogens is 325 g/mol. The Bertz CT molecular complexity index is 677. The van der Waals surface area contributed by atoms with Crippen molar-refractivity contribution in [2.45, 2.75) is 71.3 Å². The number of esters is 1. The Kier molecular flexibility index (Phi) is 4.17. The summed E-state index contributed by atoms with van der Waals surface area (Å²) in [6, 6.07) is 4.11. The van der Waals surface area contributed by atoms with E-state index in [0.29, 0.717) is 12.1 Å². The predicted octanol–water partition coefficient (Wildman–Crippen LogP) is 2.71. The van der Waals surface area contributed by atoms with Gasteiger partial charge in [-0.3, -0.25) is 0 Å². The quantitative estimate of drug-likeness (QED) is 0.620. The maximum atomic E-state index is 11.8. The number of ether oxygens (including phenoxy) is 1. The van der Waals surface area contributed by atoms with E-state index in [1.165, 1.54) is 4.88 Å². The van der Waals surface area contributed by atoms with E-state index in [0.717, 1.165) is 11.2 Å². The van der Waals surface area contributed by atoms with Crippen LogP contribution in [0.1, 0.15) is 52.8 Å². The number of carbonyl (C=O) groups excluding carboxylic acids is 1. The first-order valence-electron chi connectivity index (χ1n) is 8.25. The Morgan fingerprint density at radius 2 is 1.67 bits per heavy atom. The van der Waals surface area contributed by atoms with Crippen molar-refractivity contribution in [3.05, 3.63) is 17.0 Å². The number of hydrogen-bond donors (Lipinski definition) is 0. The monoisotopic (exact) mass is 349 g/mol. The van der Waals surface area contributed by atoms with Gasteiger partial charge in [-0.25, -0.2) is 9.79 Å². The molecule has 0 N–H and O–H groups in total. The summed E-state index contributed by atoms with van der Waals surface area (Å²) in [5.74, 6) is -0.303. The zero-order chi connectivity index (χ0) is 17.8. The van der Waals surface area contributed by atoms with Gasteiger partial charge in [0.25, 0.3) is 0 Å². The summed E-state index contributed by atoms with van der Waals surface area (Å²) < 4.78 is 18.4. The molecule has 1 aromatic rings. The molecule has 3 rings (SSSR count). The summed E-state index contributed by atoms with van der Waals surface area (Å²) in [4.78, 5) is 17.3. The summed E-state index contributed by atoms with van der Waals surface area (Å²) in [5, 5.41) is 0. The molecule has 130 valence electrons. The van der Waals surface area contributed by atoms with Crippen molar-refractivity contribution in [2.24, 2.45) is 4.99 Å². The van der Waals surface area contributed by atoms with Crippen molar-refractivity contribution >= 4 is 34.9 Å².